The zero-order valence-electron chi connectivity index (χ0n) is 17.1. The third-order valence-corrected chi connectivity index (χ3v) is 5.59. The third-order valence-electron chi connectivity index (χ3n) is 5.08. The molecule has 0 aliphatic heterocycles. The molecule has 4 N–H and O–H groups in total. The van der Waals surface area contributed by atoms with Crippen LogP contribution in [0.25, 0.3) is 10.9 Å². The number of nitrogen functional groups attached to an aromatic ring is 1. The number of ether oxygens (including phenoxy) is 1. The second-order valence-corrected chi connectivity index (χ2v) is 8.08. The van der Waals surface area contributed by atoms with Gasteiger partial charge in [0.1, 0.15) is 11.4 Å². The first-order chi connectivity index (χ1) is 15.4. The molecule has 1 heterocycles. The summed E-state index contributed by atoms with van der Waals surface area (Å²) in [5.74, 6) is -0.913. The molecule has 0 saturated carbocycles. The fraction of sp³-hybridized carbons (Fsp3) is 0.125. The summed E-state index contributed by atoms with van der Waals surface area (Å²) in [5, 5.41) is 4.20. The van der Waals surface area contributed by atoms with Gasteiger partial charge in [-0.2, -0.15) is 0 Å². The van der Waals surface area contributed by atoms with Crippen LogP contribution in [0.2, 0.25) is 10.0 Å². The van der Waals surface area contributed by atoms with Crippen molar-refractivity contribution in [2.45, 2.75) is 19.9 Å². The number of aryl methyl sites for hydroxylation is 1. The van der Waals surface area contributed by atoms with E-state index in [4.69, 9.17) is 33.7 Å². The minimum atomic E-state index is -0.677. The number of nitrogens with two attached hydrogens (primary N) is 1. The number of aromatic nitrogens is 1. The van der Waals surface area contributed by atoms with Gasteiger partial charge < -0.3 is 20.8 Å². The van der Waals surface area contributed by atoms with Crippen molar-refractivity contribution in [2.75, 3.05) is 5.73 Å². The van der Waals surface area contributed by atoms with E-state index in [1.807, 2.05) is 31.2 Å². The molecule has 4 rings (SSSR count). The van der Waals surface area contributed by atoms with Crippen molar-refractivity contribution in [3.05, 3.63) is 87.3 Å². The monoisotopic (exact) mass is 471 g/mol. The third kappa shape index (κ3) is 4.38. The lowest BCUT2D eigenvalue weighted by molar-refractivity contribution is 0.0945. The summed E-state index contributed by atoms with van der Waals surface area (Å²) < 4.78 is 20.8. The minimum absolute atomic E-state index is 0.0472. The average molecular weight is 472 g/mol. The number of hydrogen-bond acceptors (Lipinski definition) is 3. The van der Waals surface area contributed by atoms with Gasteiger partial charge in [-0.15, -0.1) is 0 Å². The zero-order chi connectivity index (χ0) is 22.8. The number of benzene rings is 3. The van der Waals surface area contributed by atoms with Crippen LogP contribution in [-0.2, 0) is 13.0 Å². The van der Waals surface area contributed by atoms with Crippen LogP contribution in [0.15, 0.2) is 54.6 Å². The van der Waals surface area contributed by atoms with Crippen LogP contribution in [0.3, 0.4) is 0 Å². The van der Waals surface area contributed by atoms with Gasteiger partial charge >= 0.3 is 0 Å². The number of nitrogens with one attached hydrogen (secondary N) is 2. The number of aromatic amines is 1. The summed E-state index contributed by atoms with van der Waals surface area (Å²) in [4.78, 5) is 16.0. The predicted molar refractivity (Wildman–Crippen MR) is 126 cm³/mol. The molecular weight excluding hydrogens is 452 g/mol. The van der Waals surface area contributed by atoms with Gasteiger partial charge in [0.15, 0.2) is 11.6 Å². The van der Waals surface area contributed by atoms with Gasteiger partial charge in [0.2, 0.25) is 0 Å². The second-order valence-electron chi connectivity index (χ2n) is 7.23. The number of carbonyl (C=O) groups is 1. The van der Waals surface area contributed by atoms with Gasteiger partial charge in [0.05, 0.1) is 5.02 Å². The summed E-state index contributed by atoms with van der Waals surface area (Å²) >= 11 is 12.1. The van der Waals surface area contributed by atoms with E-state index in [0.29, 0.717) is 22.8 Å². The lowest BCUT2D eigenvalue weighted by atomic mass is 10.1. The highest BCUT2D eigenvalue weighted by Gasteiger charge is 2.19. The van der Waals surface area contributed by atoms with Gasteiger partial charge in [0, 0.05) is 39.8 Å². The molecular formula is C24H20Cl2FN3O2. The molecule has 0 aliphatic rings. The zero-order valence-corrected chi connectivity index (χ0v) is 18.6. The first-order valence-electron chi connectivity index (χ1n) is 9.96. The van der Waals surface area contributed by atoms with Gasteiger partial charge in [-0.3, -0.25) is 4.79 Å². The number of para-hydroxylation sites is 1. The number of rotatable bonds is 6. The van der Waals surface area contributed by atoms with Crippen LogP contribution < -0.4 is 15.8 Å². The summed E-state index contributed by atoms with van der Waals surface area (Å²) in [5.41, 5.74) is 8.62. The van der Waals surface area contributed by atoms with E-state index in [1.165, 1.54) is 24.3 Å². The van der Waals surface area contributed by atoms with Crippen LogP contribution in [-0.4, -0.2) is 10.9 Å². The Balaban J connectivity index is 1.56. The molecule has 164 valence electrons. The van der Waals surface area contributed by atoms with E-state index in [0.717, 1.165) is 16.5 Å². The smallest absolute Gasteiger partial charge is 0.268 e. The maximum absolute atomic E-state index is 15.2. The predicted octanol–water partition coefficient (Wildman–Crippen LogP) is 6.48. The maximum atomic E-state index is 15.2. The maximum Gasteiger partial charge on any atom is 0.268 e. The number of halogens is 3. The molecule has 0 saturated heterocycles. The highest BCUT2D eigenvalue weighted by molar-refractivity contribution is 6.32. The molecule has 0 bridgehead atoms. The molecule has 0 spiro atoms. The molecule has 32 heavy (non-hydrogen) atoms. The van der Waals surface area contributed by atoms with E-state index in [-0.39, 0.29) is 34.5 Å². The molecule has 8 heteroatoms. The lowest BCUT2D eigenvalue weighted by Crippen LogP contribution is -2.24. The van der Waals surface area contributed by atoms with Gasteiger partial charge in [-0.25, -0.2) is 4.39 Å². The Morgan fingerprint density at radius 2 is 1.94 bits per heavy atom. The van der Waals surface area contributed by atoms with Crippen LogP contribution in [0, 0.1) is 5.82 Å². The molecule has 0 fully saturated rings. The lowest BCUT2D eigenvalue weighted by Gasteiger charge is -2.13. The molecule has 0 unspecified atom stereocenters. The SMILES string of the molecule is CCc1c(C(=O)NCc2ccc(Cl)c(Oc3cc(N)cc(Cl)c3)c2F)[nH]c2ccccc12. The highest BCUT2D eigenvalue weighted by Crippen LogP contribution is 2.35. The Hall–Kier alpha value is -3.22. The molecule has 1 amide bonds. The number of amides is 1. The summed E-state index contributed by atoms with van der Waals surface area (Å²) in [6, 6.07) is 15.3. The molecule has 3 aromatic carbocycles. The Kier molecular flexibility index (Phi) is 6.26. The fourth-order valence-corrected chi connectivity index (χ4v) is 4.01. The van der Waals surface area contributed by atoms with Crippen LogP contribution in [0.1, 0.15) is 28.5 Å². The first kappa shape index (κ1) is 22.0. The van der Waals surface area contributed by atoms with E-state index >= 15 is 4.39 Å². The quantitative estimate of drug-likeness (QED) is 0.281. The number of H-pyrrole nitrogens is 1. The Labute approximate surface area is 194 Å². The largest absolute Gasteiger partial charge is 0.453 e. The first-order valence-corrected chi connectivity index (χ1v) is 10.7. The van der Waals surface area contributed by atoms with E-state index in [1.54, 1.807) is 6.07 Å². The van der Waals surface area contributed by atoms with Crippen molar-refractivity contribution in [2.24, 2.45) is 0 Å². The Morgan fingerprint density at radius 3 is 2.69 bits per heavy atom. The van der Waals surface area contributed by atoms with E-state index in [2.05, 4.69) is 10.3 Å². The van der Waals surface area contributed by atoms with E-state index in [9.17, 15) is 4.79 Å². The Bertz CT molecular complexity index is 1300. The number of fused-ring (bicyclic) bond motifs is 1. The van der Waals surface area contributed by atoms with Crippen LogP contribution in [0.5, 0.6) is 11.5 Å². The van der Waals surface area contributed by atoms with Crippen LogP contribution >= 0.6 is 23.2 Å². The van der Waals surface area contributed by atoms with Crippen molar-refractivity contribution in [3.63, 3.8) is 0 Å². The number of hydrogen-bond donors (Lipinski definition) is 3. The molecule has 4 aromatic rings. The van der Waals surface area contributed by atoms with Crippen molar-refractivity contribution >= 4 is 45.7 Å². The summed E-state index contributed by atoms with van der Waals surface area (Å²) in [7, 11) is 0. The fourth-order valence-electron chi connectivity index (χ4n) is 3.59. The van der Waals surface area contributed by atoms with E-state index < -0.39 is 5.82 Å². The molecule has 0 radical (unpaired) electrons. The van der Waals surface area contributed by atoms with Gasteiger partial charge in [-0.05, 0) is 36.2 Å². The topological polar surface area (TPSA) is 80.1 Å². The van der Waals surface area contributed by atoms with Crippen LogP contribution in [0.4, 0.5) is 10.1 Å². The van der Waals surface area contributed by atoms with Crippen molar-refractivity contribution in [3.8, 4) is 11.5 Å². The standard InChI is InChI=1S/C24H20Cl2FN3O2/c1-2-17-18-5-3-4-6-20(18)30-22(17)24(31)29-12-13-7-8-19(26)23(21(13)27)32-16-10-14(25)9-15(28)11-16/h3-11,30H,2,12,28H2,1H3,(H,29,31). The van der Waals surface area contributed by atoms with Crippen molar-refractivity contribution in [1.82, 2.24) is 10.3 Å². The van der Waals surface area contributed by atoms with Crippen molar-refractivity contribution < 1.29 is 13.9 Å². The number of anilines is 1. The normalized spacial score (nSPS) is 11.0. The molecule has 1 aromatic heterocycles. The minimum Gasteiger partial charge on any atom is -0.453 e. The molecule has 0 atom stereocenters. The summed E-state index contributed by atoms with van der Waals surface area (Å²) in [6.45, 7) is 1.94. The molecule has 5 nitrogen and oxygen atoms in total. The highest BCUT2D eigenvalue weighted by atomic mass is 35.5. The Morgan fingerprint density at radius 1 is 1.16 bits per heavy atom. The number of carbonyl (C=O) groups excluding carboxylic acids is 1. The van der Waals surface area contributed by atoms with Crippen molar-refractivity contribution in [1.29, 1.82) is 0 Å². The average Bonchev–Trinajstić information content (AvgIpc) is 3.14. The van der Waals surface area contributed by atoms with Gasteiger partial charge in [-0.1, -0.05) is 54.4 Å². The van der Waals surface area contributed by atoms with Gasteiger partial charge in [0.25, 0.3) is 5.91 Å². The second kappa shape index (κ2) is 9.10. The molecule has 0 aliphatic carbocycles. The summed E-state index contributed by atoms with van der Waals surface area (Å²) in [6.07, 6.45) is 0.683.